The summed E-state index contributed by atoms with van der Waals surface area (Å²) >= 11 is 0. The molecular formula is C38H41N5O2. The van der Waals surface area contributed by atoms with Crippen molar-refractivity contribution in [1.29, 1.82) is 0 Å². The van der Waals surface area contributed by atoms with E-state index in [-0.39, 0.29) is 12.6 Å². The van der Waals surface area contributed by atoms with E-state index in [9.17, 15) is 9.90 Å². The fourth-order valence-corrected chi connectivity index (χ4v) is 6.83. The van der Waals surface area contributed by atoms with Crippen molar-refractivity contribution in [1.82, 2.24) is 24.7 Å². The lowest BCUT2D eigenvalue weighted by Crippen LogP contribution is -2.46. The summed E-state index contributed by atoms with van der Waals surface area (Å²) in [7, 11) is 1.92. The fraction of sp³-hybridized carbons (Fsp3) is 0.263. The largest absolute Gasteiger partial charge is 0.465 e. The van der Waals surface area contributed by atoms with Crippen LogP contribution in [0.5, 0.6) is 0 Å². The van der Waals surface area contributed by atoms with Crippen molar-refractivity contribution >= 4 is 6.09 Å². The van der Waals surface area contributed by atoms with Crippen LogP contribution in [0.2, 0.25) is 0 Å². The minimum atomic E-state index is -0.901. The number of rotatable bonds is 11. The number of hydrogen-bond donors (Lipinski definition) is 2. The van der Waals surface area contributed by atoms with E-state index in [1.165, 1.54) is 5.56 Å². The molecule has 1 aliphatic rings. The molecule has 5 aromatic rings. The molecule has 1 fully saturated rings. The number of hydrogen-bond acceptors (Lipinski definition) is 4. The Morgan fingerprint density at radius 2 is 1.31 bits per heavy atom. The zero-order valence-electron chi connectivity index (χ0n) is 25.8. The van der Waals surface area contributed by atoms with E-state index in [0.717, 1.165) is 60.7 Å². The van der Waals surface area contributed by atoms with E-state index in [2.05, 4.69) is 118 Å². The van der Waals surface area contributed by atoms with Gasteiger partial charge in [-0.1, -0.05) is 121 Å². The second-order valence-electron chi connectivity index (χ2n) is 11.8. The Morgan fingerprint density at radius 1 is 0.822 bits per heavy atom. The third kappa shape index (κ3) is 6.41. The Kier molecular flexibility index (Phi) is 9.38. The van der Waals surface area contributed by atoms with Crippen LogP contribution in [0.25, 0.3) is 0 Å². The maximum atomic E-state index is 12.7. The summed E-state index contributed by atoms with van der Waals surface area (Å²) in [6, 6.07) is 41.9. The third-order valence-corrected chi connectivity index (χ3v) is 8.92. The highest BCUT2D eigenvalue weighted by atomic mass is 16.4. The second kappa shape index (κ2) is 13.9. The minimum absolute atomic E-state index is 0.0606. The summed E-state index contributed by atoms with van der Waals surface area (Å²) in [6.45, 7) is 3.37. The highest BCUT2D eigenvalue weighted by Crippen LogP contribution is 2.42. The molecule has 0 bridgehead atoms. The van der Waals surface area contributed by atoms with Crippen molar-refractivity contribution in [2.75, 3.05) is 20.1 Å². The second-order valence-corrected chi connectivity index (χ2v) is 11.8. The van der Waals surface area contributed by atoms with Gasteiger partial charge in [-0.2, -0.15) is 0 Å². The van der Waals surface area contributed by atoms with Crippen LogP contribution in [-0.2, 0) is 25.2 Å². The van der Waals surface area contributed by atoms with E-state index < -0.39 is 11.6 Å². The summed E-state index contributed by atoms with van der Waals surface area (Å²) in [5.74, 6) is 0.840. The number of piperidine rings is 1. The van der Waals surface area contributed by atoms with Gasteiger partial charge in [0.25, 0.3) is 0 Å². The van der Waals surface area contributed by atoms with Crippen LogP contribution in [0.4, 0.5) is 4.79 Å². The quantitative estimate of drug-likeness (QED) is 0.168. The molecule has 230 valence electrons. The van der Waals surface area contributed by atoms with Crippen LogP contribution in [-0.4, -0.2) is 56.7 Å². The van der Waals surface area contributed by atoms with Gasteiger partial charge in [0, 0.05) is 31.9 Å². The van der Waals surface area contributed by atoms with Crippen molar-refractivity contribution in [3.63, 3.8) is 0 Å². The van der Waals surface area contributed by atoms with Crippen LogP contribution < -0.4 is 5.32 Å². The number of imidazole rings is 1. The molecule has 0 aliphatic carbocycles. The molecule has 6 rings (SSSR count). The summed E-state index contributed by atoms with van der Waals surface area (Å²) in [5, 5.41) is 13.7. The lowest BCUT2D eigenvalue weighted by molar-refractivity contribution is 0.0840. The van der Waals surface area contributed by atoms with Gasteiger partial charge in [0.05, 0.1) is 18.8 Å². The standard InChI is InChI=1S/C38H41N5O2/c1-39-26-36-40-34(28-42(37(44)45)35-22-24-41(25-23-35)27-30-14-6-2-7-15-30)29-43(36)38(31-16-8-3-9-17-31,32-18-10-4-11-19-32)33-20-12-5-13-21-33/h2-21,29,35,39H,22-28H2,1H3,(H,44,45). The molecule has 1 aliphatic heterocycles. The zero-order valence-corrected chi connectivity index (χ0v) is 25.8. The van der Waals surface area contributed by atoms with Crippen molar-refractivity contribution in [3.8, 4) is 0 Å². The van der Waals surface area contributed by atoms with Gasteiger partial charge in [0.1, 0.15) is 11.4 Å². The van der Waals surface area contributed by atoms with Crippen LogP contribution in [0.15, 0.2) is 128 Å². The molecular weight excluding hydrogens is 558 g/mol. The molecule has 0 atom stereocenters. The first-order chi connectivity index (χ1) is 22.1. The third-order valence-electron chi connectivity index (χ3n) is 8.92. The summed E-state index contributed by atoms with van der Waals surface area (Å²) in [4.78, 5) is 21.9. The molecule has 4 aromatic carbocycles. The van der Waals surface area contributed by atoms with Gasteiger partial charge in [-0.3, -0.25) is 9.80 Å². The molecule has 45 heavy (non-hydrogen) atoms. The zero-order chi connectivity index (χ0) is 31.1. The number of likely N-dealkylation sites (tertiary alicyclic amines) is 1. The Morgan fingerprint density at radius 3 is 1.78 bits per heavy atom. The fourth-order valence-electron chi connectivity index (χ4n) is 6.83. The van der Waals surface area contributed by atoms with Gasteiger partial charge < -0.3 is 15.0 Å². The van der Waals surface area contributed by atoms with Crippen LogP contribution in [0, 0.1) is 0 Å². The summed E-state index contributed by atoms with van der Waals surface area (Å²) in [5.41, 5.74) is 4.60. The predicted octanol–water partition coefficient (Wildman–Crippen LogP) is 6.59. The highest BCUT2D eigenvalue weighted by molar-refractivity contribution is 5.65. The molecule has 1 amide bonds. The van der Waals surface area contributed by atoms with Crippen LogP contribution in [0.3, 0.4) is 0 Å². The topological polar surface area (TPSA) is 73.6 Å². The Balaban J connectivity index is 1.37. The lowest BCUT2D eigenvalue weighted by atomic mass is 9.76. The van der Waals surface area contributed by atoms with E-state index in [4.69, 9.17) is 4.98 Å². The van der Waals surface area contributed by atoms with Crippen LogP contribution in [0.1, 0.15) is 46.6 Å². The predicted molar refractivity (Wildman–Crippen MR) is 178 cm³/mol. The number of carboxylic acid groups (broad SMARTS) is 1. The van der Waals surface area contributed by atoms with Crippen molar-refractivity contribution in [2.45, 2.75) is 44.1 Å². The smallest absolute Gasteiger partial charge is 0.407 e. The van der Waals surface area contributed by atoms with E-state index in [1.807, 2.05) is 31.3 Å². The number of nitrogens with zero attached hydrogens (tertiary/aromatic N) is 4. The van der Waals surface area contributed by atoms with E-state index in [1.54, 1.807) is 4.90 Å². The first-order valence-electron chi connectivity index (χ1n) is 15.7. The van der Waals surface area contributed by atoms with Gasteiger partial charge in [-0.15, -0.1) is 0 Å². The maximum absolute atomic E-state index is 12.7. The number of carbonyl (C=O) groups is 1. The molecule has 2 N–H and O–H groups in total. The molecule has 0 radical (unpaired) electrons. The van der Waals surface area contributed by atoms with E-state index >= 15 is 0 Å². The Labute approximate surface area is 265 Å². The van der Waals surface area contributed by atoms with Gasteiger partial charge in [-0.05, 0) is 42.1 Å². The van der Waals surface area contributed by atoms with E-state index in [0.29, 0.717) is 6.54 Å². The minimum Gasteiger partial charge on any atom is -0.465 e. The number of aromatic nitrogens is 2. The molecule has 1 aromatic heterocycles. The first kappa shape index (κ1) is 30.3. The monoisotopic (exact) mass is 599 g/mol. The molecule has 7 heteroatoms. The molecule has 2 heterocycles. The van der Waals surface area contributed by atoms with Gasteiger partial charge in [0.15, 0.2) is 0 Å². The van der Waals surface area contributed by atoms with Gasteiger partial charge in [-0.25, -0.2) is 9.78 Å². The maximum Gasteiger partial charge on any atom is 0.407 e. The molecule has 0 saturated carbocycles. The average Bonchev–Trinajstić information content (AvgIpc) is 3.49. The van der Waals surface area contributed by atoms with Crippen LogP contribution >= 0.6 is 0 Å². The Hall–Kier alpha value is -4.72. The first-order valence-corrected chi connectivity index (χ1v) is 15.7. The van der Waals surface area contributed by atoms with Gasteiger partial charge >= 0.3 is 6.09 Å². The Bertz CT molecular complexity index is 1550. The van der Waals surface area contributed by atoms with Gasteiger partial charge in [0.2, 0.25) is 0 Å². The van der Waals surface area contributed by atoms with Crippen molar-refractivity contribution < 1.29 is 9.90 Å². The number of nitrogens with one attached hydrogen (secondary N) is 1. The average molecular weight is 600 g/mol. The number of benzene rings is 4. The SMILES string of the molecule is CNCc1nc(CN(C(=O)O)C2CCN(Cc3ccccc3)CC2)cn1C(c1ccccc1)(c1ccccc1)c1ccccc1. The normalized spacial score (nSPS) is 14.3. The lowest BCUT2D eigenvalue weighted by Gasteiger charge is -2.38. The van der Waals surface area contributed by atoms with Crippen molar-refractivity contribution in [3.05, 3.63) is 161 Å². The molecule has 0 unspecified atom stereocenters. The molecule has 7 nitrogen and oxygen atoms in total. The molecule has 1 saturated heterocycles. The summed E-state index contributed by atoms with van der Waals surface area (Å²) < 4.78 is 2.25. The van der Waals surface area contributed by atoms with Crippen molar-refractivity contribution in [2.24, 2.45) is 0 Å². The summed E-state index contributed by atoms with van der Waals surface area (Å²) in [6.07, 6.45) is 2.76. The molecule has 0 spiro atoms. The highest BCUT2D eigenvalue weighted by Gasteiger charge is 2.40. The number of amides is 1.